The van der Waals surface area contributed by atoms with Crippen LogP contribution in [-0.2, 0) is 14.4 Å². The van der Waals surface area contributed by atoms with Crippen LogP contribution in [0, 0.1) is 12.8 Å². The molecule has 0 saturated carbocycles. The second kappa shape index (κ2) is 8.17. The first-order chi connectivity index (χ1) is 10.7. The lowest BCUT2D eigenvalue weighted by molar-refractivity contribution is -0.143. The quantitative estimate of drug-likeness (QED) is 0.570. The van der Waals surface area contributed by atoms with Crippen molar-refractivity contribution in [2.24, 2.45) is 5.92 Å². The number of nitrogens with one attached hydrogen (secondary N) is 2. The van der Waals surface area contributed by atoms with E-state index in [-0.39, 0.29) is 30.2 Å². The first-order valence-electron chi connectivity index (χ1n) is 7.32. The van der Waals surface area contributed by atoms with Crippen LogP contribution in [0.4, 0.5) is 5.69 Å². The zero-order valence-electron chi connectivity index (χ0n) is 13.4. The number of anilines is 1. The van der Waals surface area contributed by atoms with Gasteiger partial charge >= 0.3 is 5.97 Å². The molecule has 2 amide bonds. The van der Waals surface area contributed by atoms with E-state index in [9.17, 15) is 19.5 Å². The maximum absolute atomic E-state index is 11.8. The zero-order valence-corrected chi connectivity index (χ0v) is 13.4. The second-order valence-electron chi connectivity index (χ2n) is 5.70. The highest BCUT2D eigenvalue weighted by atomic mass is 16.4. The van der Waals surface area contributed by atoms with E-state index in [0.717, 1.165) is 5.56 Å². The minimum atomic E-state index is -1.11. The number of phenolic OH excluding ortho intramolecular Hbond substituents is 1. The molecule has 23 heavy (non-hydrogen) atoms. The normalized spacial score (nSPS) is 11.8. The molecule has 126 valence electrons. The SMILES string of the molecule is Cc1ccc(O)c(NC(=O)CCC(=O)NC(C(=O)O)C(C)C)c1. The van der Waals surface area contributed by atoms with E-state index in [1.54, 1.807) is 26.0 Å². The van der Waals surface area contributed by atoms with Gasteiger partial charge in [0, 0.05) is 12.8 Å². The third kappa shape index (κ3) is 5.98. The van der Waals surface area contributed by atoms with Crippen molar-refractivity contribution in [3.05, 3.63) is 23.8 Å². The van der Waals surface area contributed by atoms with E-state index in [2.05, 4.69) is 10.6 Å². The van der Waals surface area contributed by atoms with Gasteiger partial charge in [0.25, 0.3) is 0 Å². The fraction of sp³-hybridized carbons (Fsp3) is 0.438. The van der Waals surface area contributed by atoms with Gasteiger partial charge in [0.1, 0.15) is 11.8 Å². The maximum atomic E-state index is 11.8. The number of benzene rings is 1. The largest absolute Gasteiger partial charge is 0.506 e. The van der Waals surface area contributed by atoms with Crippen molar-refractivity contribution in [3.8, 4) is 5.75 Å². The summed E-state index contributed by atoms with van der Waals surface area (Å²) in [5.74, 6) is -2.36. The molecule has 0 spiro atoms. The van der Waals surface area contributed by atoms with Gasteiger partial charge in [0.05, 0.1) is 5.69 Å². The molecule has 0 fully saturated rings. The van der Waals surface area contributed by atoms with Crippen LogP contribution in [0.1, 0.15) is 32.3 Å². The van der Waals surface area contributed by atoms with Crippen LogP contribution >= 0.6 is 0 Å². The Kier molecular flexibility index (Phi) is 6.56. The topological polar surface area (TPSA) is 116 Å². The number of carbonyl (C=O) groups is 3. The standard InChI is InChI=1S/C16H22N2O5/c1-9(2)15(16(22)23)18-14(21)7-6-13(20)17-11-8-10(3)4-5-12(11)19/h4-5,8-9,15,19H,6-7H2,1-3H3,(H,17,20)(H,18,21)(H,22,23). The molecule has 1 aromatic carbocycles. The number of rotatable bonds is 7. The summed E-state index contributed by atoms with van der Waals surface area (Å²) in [6, 6.07) is 3.81. The van der Waals surface area contributed by atoms with Gasteiger partial charge in [0.15, 0.2) is 0 Å². The summed E-state index contributed by atoms with van der Waals surface area (Å²) in [4.78, 5) is 34.6. The fourth-order valence-corrected chi connectivity index (χ4v) is 1.95. The van der Waals surface area contributed by atoms with Gasteiger partial charge in [-0.25, -0.2) is 4.79 Å². The van der Waals surface area contributed by atoms with Gasteiger partial charge in [-0.2, -0.15) is 0 Å². The highest BCUT2D eigenvalue weighted by Crippen LogP contribution is 2.23. The first kappa shape index (κ1) is 18.5. The fourth-order valence-electron chi connectivity index (χ4n) is 1.95. The molecule has 1 unspecified atom stereocenters. The molecular formula is C16H22N2O5. The third-order valence-electron chi connectivity index (χ3n) is 3.25. The van der Waals surface area contributed by atoms with Crippen molar-refractivity contribution in [1.82, 2.24) is 5.32 Å². The summed E-state index contributed by atoms with van der Waals surface area (Å²) in [5.41, 5.74) is 1.15. The van der Waals surface area contributed by atoms with Crippen LogP contribution in [0.3, 0.4) is 0 Å². The number of carbonyl (C=O) groups excluding carboxylic acids is 2. The summed E-state index contributed by atoms with van der Waals surface area (Å²) in [7, 11) is 0. The average Bonchev–Trinajstić information content (AvgIpc) is 2.45. The highest BCUT2D eigenvalue weighted by molar-refractivity contribution is 5.95. The van der Waals surface area contributed by atoms with E-state index < -0.39 is 23.8 Å². The van der Waals surface area contributed by atoms with Crippen molar-refractivity contribution < 1.29 is 24.6 Å². The Morgan fingerprint density at radius 1 is 1.13 bits per heavy atom. The van der Waals surface area contributed by atoms with E-state index in [4.69, 9.17) is 5.11 Å². The van der Waals surface area contributed by atoms with Gasteiger partial charge in [-0.05, 0) is 30.5 Å². The molecule has 0 radical (unpaired) electrons. The molecule has 1 atom stereocenters. The number of phenols is 1. The summed E-state index contributed by atoms with van der Waals surface area (Å²) in [5, 5.41) is 23.6. The van der Waals surface area contributed by atoms with Crippen LogP contribution in [0.2, 0.25) is 0 Å². The van der Waals surface area contributed by atoms with Crippen molar-refractivity contribution in [3.63, 3.8) is 0 Å². The number of hydrogen-bond donors (Lipinski definition) is 4. The predicted molar refractivity (Wildman–Crippen MR) is 85.1 cm³/mol. The maximum Gasteiger partial charge on any atom is 0.326 e. The van der Waals surface area contributed by atoms with Crippen LogP contribution in [0.5, 0.6) is 5.75 Å². The van der Waals surface area contributed by atoms with E-state index in [1.165, 1.54) is 6.07 Å². The zero-order chi connectivity index (χ0) is 17.6. The van der Waals surface area contributed by atoms with Crippen LogP contribution in [0.15, 0.2) is 18.2 Å². The van der Waals surface area contributed by atoms with Crippen molar-refractivity contribution in [2.45, 2.75) is 39.7 Å². The Bertz CT molecular complexity index is 598. The Labute approximate surface area is 134 Å². The van der Waals surface area contributed by atoms with Gasteiger partial charge in [-0.3, -0.25) is 9.59 Å². The molecule has 7 heteroatoms. The Balaban J connectivity index is 2.51. The number of hydrogen-bond acceptors (Lipinski definition) is 4. The monoisotopic (exact) mass is 322 g/mol. The molecule has 1 aromatic rings. The van der Waals surface area contributed by atoms with E-state index in [0.29, 0.717) is 0 Å². The van der Waals surface area contributed by atoms with E-state index in [1.807, 2.05) is 6.92 Å². The Hall–Kier alpha value is -2.57. The lowest BCUT2D eigenvalue weighted by Gasteiger charge is -2.17. The summed E-state index contributed by atoms with van der Waals surface area (Å²) in [6.45, 7) is 5.19. The highest BCUT2D eigenvalue weighted by Gasteiger charge is 2.23. The number of aromatic hydroxyl groups is 1. The predicted octanol–water partition coefficient (Wildman–Crippen LogP) is 1.64. The molecule has 0 aromatic heterocycles. The smallest absolute Gasteiger partial charge is 0.326 e. The molecule has 7 nitrogen and oxygen atoms in total. The average molecular weight is 322 g/mol. The molecule has 0 aliphatic carbocycles. The number of aryl methyl sites for hydroxylation is 1. The molecule has 0 heterocycles. The number of carboxylic acid groups (broad SMARTS) is 1. The summed E-state index contributed by atoms with van der Waals surface area (Å²) in [6.07, 6.45) is -0.238. The van der Waals surface area contributed by atoms with Crippen LogP contribution in [0.25, 0.3) is 0 Å². The molecule has 0 aliphatic rings. The van der Waals surface area contributed by atoms with Crippen LogP contribution in [-0.4, -0.2) is 34.0 Å². The van der Waals surface area contributed by atoms with Gasteiger partial charge in [-0.15, -0.1) is 0 Å². The number of aliphatic carboxylic acids is 1. The molecule has 1 rings (SSSR count). The van der Waals surface area contributed by atoms with Crippen molar-refractivity contribution >= 4 is 23.5 Å². The van der Waals surface area contributed by atoms with E-state index >= 15 is 0 Å². The van der Waals surface area contributed by atoms with Crippen LogP contribution < -0.4 is 10.6 Å². The Morgan fingerprint density at radius 3 is 2.30 bits per heavy atom. The van der Waals surface area contributed by atoms with Gasteiger partial charge in [-0.1, -0.05) is 19.9 Å². The lowest BCUT2D eigenvalue weighted by atomic mass is 10.0. The number of carboxylic acids is 1. The van der Waals surface area contributed by atoms with Crippen molar-refractivity contribution in [1.29, 1.82) is 0 Å². The molecular weight excluding hydrogens is 300 g/mol. The van der Waals surface area contributed by atoms with Gasteiger partial charge < -0.3 is 20.8 Å². The summed E-state index contributed by atoms with van der Waals surface area (Å²) >= 11 is 0. The molecule has 0 aliphatic heterocycles. The lowest BCUT2D eigenvalue weighted by Crippen LogP contribution is -2.44. The molecule has 0 saturated heterocycles. The minimum Gasteiger partial charge on any atom is -0.506 e. The van der Waals surface area contributed by atoms with Crippen molar-refractivity contribution in [2.75, 3.05) is 5.32 Å². The third-order valence-corrected chi connectivity index (χ3v) is 3.25. The first-order valence-corrected chi connectivity index (χ1v) is 7.32. The number of amides is 2. The second-order valence-corrected chi connectivity index (χ2v) is 5.70. The summed E-state index contributed by atoms with van der Waals surface area (Å²) < 4.78 is 0. The van der Waals surface area contributed by atoms with Gasteiger partial charge in [0.2, 0.25) is 11.8 Å². The minimum absolute atomic E-state index is 0.0563. The molecule has 0 bridgehead atoms. The molecule has 4 N–H and O–H groups in total. The Morgan fingerprint density at radius 2 is 1.74 bits per heavy atom.